The van der Waals surface area contributed by atoms with E-state index in [9.17, 15) is 4.79 Å². The number of piperidine rings is 1. The van der Waals surface area contributed by atoms with Crippen LogP contribution in [0.4, 0.5) is 0 Å². The summed E-state index contributed by atoms with van der Waals surface area (Å²) in [6, 6.07) is 17.0. The highest BCUT2D eigenvalue weighted by Crippen LogP contribution is 2.30. The molecule has 9 heteroatoms. The number of ether oxygens (including phenoxy) is 2. The molecular formula is C25H25N5O3S. The summed E-state index contributed by atoms with van der Waals surface area (Å²) in [5.74, 6) is 1.14. The summed E-state index contributed by atoms with van der Waals surface area (Å²) in [5, 5.41) is 15.9. The van der Waals surface area contributed by atoms with Crippen LogP contribution in [-0.4, -0.2) is 58.3 Å². The number of hydrazone groups is 1. The number of amides is 1. The zero-order valence-corrected chi connectivity index (χ0v) is 19.5. The maximum atomic E-state index is 12.7. The monoisotopic (exact) mass is 475 g/mol. The Labute approximate surface area is 202 Å². The first kappa shape index (κ1) is 22.2. The third-order valence-electron chi connectivity index (χ3n) is 5.63. The number of hydrogen-bond acceptors (Lipinski definition) is 7. The van der Waals surface area contributed by atoms with Crippen molar-refractivity contribution in [3.05, 3.63) is 65.7 Å². The zero-order chi connectivity index (χ0) is 23.3. The fourth-order valence-corrected chi connectivity index (χ4v) is 4.80. The normalized spacial score (nSPS) is 19.1. The summed E-state index contributed by atoms with van der Waals surface area (Å²) < 4.78 is 11.4. The average Bonchev–Trinajstić information content (AvgIpc) is 3.31. The Morgan fingerprint density at radius 1 is 0.912 bits per heavy atom. The molecule has 0 aliphatic carbocycles. The lowest BCUT2D eigenvalue weighted by Gasteiger charge is -2.26. The summed E-state index contributed by atoms with van der Waals surface area (Å²) in [7, 11) is 0. The number of likely N-dealkylation sites (tertiary alicyclic amines) is 1. The summed E-state index contributed by atoms with van der Waals surface area (Å²) in [6.07, 6.45) is 5.17. The van der Waals surface area contributed by atoms with Gasteiger partial charge >= 0.3 is 0 Å². The number of para-hydroxylation sites is 1. The SMILES string of the molecule is N=C1/C(=C/c2ccc(OCCOc3ccccc3)cc2)C(=O)N=C2SC(N3CCCCC3)=NN12. The molecule has 0 radical (unpaired) electrons. The van der Waals surface area contributed by atoms with Gasteiger partial charge in [-0.1, -0.05) is 30.3 Å². The van der Waals surface area contributed by atoms with Crippen LogP contribution in [0.15, 0.2) is 70.3 Å². The van der Waals surface area contributed by atoms with Crippen molar-refractivity contribution in [2.24, 2.45) is 10.1 Å². The van der Waals surface area contributed by atoms with Gasteiger partial charge in [-0.25, -0.2) is 0 Å². The zero-order valence-electron chi connectivity index (χ0n) is 18.6. The molecule has 34 heavy (non-hydrogen) atoms. The topological polar surface area (TPSA) is 90.6 Å². The van der Waals surface area contributed by atoms with Gasteiger partial charge in [0.25, 0.3) is 5.91 Å². The van der Waals surface area contributed by atoms with Crippen LogP contribution < -0.4 is 9.47 Å². The lowest BCUT2D eigenvalue weighted by Crippen LogP contribution is -2.35. The predicted molar refractivity (Wildman–Crippen MR) is 134 cm³/mol. The molecule has 0 spiro atoms. The largest absolute Gasteiger partial charge is 0.490 e. The van der Waals surface area contributed by atoms with Gasteiger partial charge in [-0.15, -0.1) is 5.10 Å². The number of rotatable bonds is 6. The molecule has 8 nitrogen and oxygen atoms in total. The van der Waals surface area contributed by atoms with E-state index < -0.39 is 5.91 Å². The van der Waals surface area contributed by atoms with Gasteiger partial charge in [0.2, 0.25) is 5.17 Å². The first-order valence-electron chi connectivity index (χ1n) is 11.3. The van der Waals surface area contributed by atoms with E-state index in [0.29, 0.717) is 24.1 Å². The van der Waals surface area contributed by atoms with Crippen molar-refractivity contribution < 1.29 is 14.3 Å². The second-order valence-corrected chi connectivity index (χ2v) is 8.96. The van der Waals surface area contributed by atoms with Gasteiger partial charge in [0.15, 0.2) is 11.0 Å². The minimum atomic E-state index is -0.419. The van der Waals surface area contributed by atoms with Crippen molar-refractivity contribution in [2.45, 2.75) is 19.3 Å². The number of carbonyl (C=O) groups excluding carboxylic acids is 1. The Kier molecular flexibility index (Phi) is 6.62. The molecule has 2 aromatic rings. The first-order valence-corrected chi connectivity index (χ1v) is 12.1. The molecule has 1 N–H and O–H groups in total. The standard InChI is InChI=1S/C25H25N5O3S/c26-22-21(23(31)27-24-30(22)28-25(34-24)29-13-5-2-6-14-29)17-18-9-11-20(12-10-18)33-16-15-32-19-7-3-1-4-8-19/h1,3-4,7-12,17,26H,2,5-6,13-16H2/b21-17-,26-22?. The summed E-state index contributed by atoms with van der Waals surface area (Å²) >= 11 is 1.36. The molecule has 2 aromatic carbocycles. The van der Waals surface area contributed by atoms with E-state index in [0.717, 1.165) is 42.4 Å². The fraction of sp³-hybridized carbons (Fsp3) is 0.280. The number of benzene rings is 2. The second kappa shape index (κ2) is 10.1. The van der Waals surface area contributed by atoms with E-state index in [4.69, 9.17) is 14.9 Å². The van der Waals surface area contributed by atoms with Crippen molar-refractivity contribution in [2.75, 3.05) is 26.3 Å². The molecule has 0 saturated carbocycles. The Morgan fingerprint density at radius 3 is 2.29 bits per heavy atom. The Bertz CT molecular complexity index is 1150. The molecule has 3 aliphatic heterocycles. The maximum Gasteiger partial charge on any atom is 0.283 e. The maximum absolute atomic E-state index is 12.7. The molecule has 0 bridgehead atoms. The molecule has 3 aliphatic rings. The van der Waals surface area contributed by atoms with Gasteiger partial charge in [0, 0.05) is 13.1 Å². The van der Waals surface area contributed by atoms with Crippen LogP contribution in [0.2, 0.25) is 0 Å². The van der Waals surface area contributed by atoms with E-state index in [2.05, 4.69) is 15.0 Å². The Hall–Kier alpha value is -3.59. The lowest BCUT2D eigenvalue weighted by molar-refractivity contribution is -0.114. The minimum Gasteiger partial charge on any atom is -0.490 e. The van der Waals surface area contributed by atoms with Crippen molar-refractivity contribution >= 4 is 39.9 Å². The third-order valence-corrected chi connectivity index (χ3v) is 6.59. The highest BCUT2D eigenvalue weighted by Gasteiger charge is 2.37. The summed E-state index contributed by atoms with van der Waals surface area (Å²) in [5.41, 5.74) is 1.00. The lowest BCUT2D eigenvalue weighted by atomic mass is 10.1. The van der Waals surface area contributed by atoms with Crippen LogP contribution >= 0.6 is 11.8 Å². The van der Waals surface area contributed by atoms with Gasteiger partial charge in [0.1, 0.15) is 24.7 Å². The Balaban J connectivity index is 1.21. The number of fused-ring (bicyclic) bond motifs is 1. The van der Waals surface area contributed by atoms with Crippen LogP contribution in [0, 0.1) is 5.41 Å². The van der Waals surface area contributed by atoms with E-state index in [-0.39, 0.29) is 11.4 Å². The van der Waals surface area contributed by atoms with Crippen LogP contribution in [-0.2, 0) is 4.79 Å². The number of nitrogens with zero attached hydrogens (tertiary/aromatic N) is 4. The van der Waals surface area contributed by atoms with E-state index >= 15 is 0 Å². The molecule has 0 atom stereocenters. The number of carbonyl (C=O) groups is 1. The smallest absolute Gasteiger partial charge is 0.283 e. The average molecular weight is 476 g/mol. The molecule has 0 unspecified atom stereocenters. The predicted octanol–water partition coefficient (Wildman–Crippen LogP) is 4.21. The molecule has 1 saturated heterocycles. The fourth-order valence-electron chi connectivity index (χ4n) is 3.86. The Morgan fingerprint density at radius 2 is 1.59 bits per heavy atom. The highest BCUT2D eigenvalue weighted by molar-refractivity contribution is 8.26. The number of hydrogen-bond donors (Lipinski definition) is 1. The number of thioether (sulfide) groups is 1. The summed E-state index contributed by atoms with van der Waals surface area (Å²) in [4.78, 5) is 19.0. The quantitative estimate of drug-likeness (QED) is 0.497. The van der Waals surface area contributed by atoms with Gasteiger partial charge in [-0.2, -0.15) is 10.0 Å². The minimum absolute atomic E-state index is 0.0490. The van der Waals surface area contributed by atoms with Crippen LogP contribution in [0.5, 0.6) is 11.5 Å². The van der Waals surface area contributed by atoms with E-state index in [1.54, 1.807) is 6.08 Å². The van der Waals surface area contributed by atoms with Crippen molar-refractivity contribution in [3.8, 4) is 11.5 Å². The molecule has 1 fully saturated rings. The van der Waals surface area contributed by atoms with Crippen LogP contribution in [0.25, 0.3) is 6.08 Å². The third kappa shape index (κ3) is 4.99. The van der Waals surface area contributed by atoms with E-state index in [1.165, 1.54) is 23.2 Å². The molecule has 0 aromatic heterocycles. The molecule has 174 valence electrons. The second-order valence-electron chi connectivity index (χ2n) is 8.03. The summed E-state index contributed by atoms with van der Waals surface area (Å²) in [6.45, 7) is 2.75. The number of amidine groups is 3. The molecule has 5 rings (SSSR count). The van der Waals surface area contributed by atoms with Crippen molar-refractivity contribution in [1.29, 1.82) is 5.41 Å². The van der Waals surface area contributed by atoms with Crippen molar-refractivity contribution in [1.82, 2.24) is 9.91 Å². The van der Waals surface area contributed by atoms with Crippen LogP contribution in [0.1, 0.15) is 24.8 Å². The molecular weight excluding hydrogens is 450 g/mol. The van der Waals surface area contributed by atoms with Gasteiger partial charge < -0.3 is 14.4 Å². The first-order chi connectivity index (χ1) is 16.7. The van der Waals surface area contributed by atoms with Crippen molar-refractivity contribution in [3.63, 3.8) is 0 Å². The van der Waals surface area contributed by atoms with Gasteiger partial charge in [-0.05, 0) is 66.9 Å². The van der Waals surface area contributed by atoms with Crippen LogP contribution in [0.3, 0.4) is 0 Å². The van der Waals surface area contributed by atoms with Gasteiger partial charge in [-0.3, -0.25) is 10.2 Å². The highest BCUT2D eigenvalue weighted by atomic mass is 32.2. The molecule has 1 amide bonds. The van der Waals surface area contributed by atoms with E-state index in [1.807, 2.05) is 54.6 Å². The van der Waals surface area contributed by atoms with Gasteiger partial charge in [0.05, 0.1) is 5.57 Å². The number of nitrogens with one attached hydrogen (secondary N) is 1. The molecule has 3 heterocycles. The number of aliphatic imine (C=N–C) groups is 1.